The monoisotopic (exact) mass is 915 g/mol. The Morgan fingerprint density at radius 3 is 1.49 bits per heavy atom. The summed E-state index contributed by atoms with van der Waals surface area (Å²) in [4.78, 5) is 25.5. The van der Waals surface area contributed by atoms with Crippen LogP contribution in [-0.4, -0.2) is 96.0 Å². The van der Waals surface area contributed by atoms with Crippen LogP contribution in [0.3, 0.4) is 0 Å². The van der Waals surface area contributed by atoms with Gasteiger partial charge in [0.05, 0.1) is 6.61 Å². The number of unbranched alkanes of at least 4 members (excludes halogenated alkanes) is 24. The molecule has 0 saturated carbocycles. The summed E-state index contributed by atoms with van der Waals surface area (Å²) >= 11 is 0. The number of hydrogen-bond donors (Lipinski definition) is 4. The second-order valence-corrected chi connectivity index (χ2v) is 19.0. The lowest BCUT2D eigenvalue weighted by Crippen LogP contribution is -2.60. The maximum atomic E-state index is 12.8. The summed E-state index contributed by atoms with van der Waals surface area (Å²) in [6, 6.07) is 0. The van der Waals surface area contributed by atoms with E-state index in [0.717, 1.165) is 70.6 Å². The van der Waals surface area contributed by atoms with Crippen molar-refractivity contribution in [1.82, 2.24) is 0 Å². The molecular formula is C50H90O12S. The average molecular weight is 915 g/mol. The van der Waals surface area contributed by atoms with Gasteiger partial charge >= 0.3 is 11.9 Å². The van der Waals surface area contributed by atoms with E-state index in [-0.39, 0.29) is 19.4 Å². The molecule has 1 aliphatic rings. The van der Waals surface area contributed by atoms with Gasteiger partial charge in [-0.2, -0.15) is 8.42 Å². The first-order valence-corrected chi connectivity index (χ1v) is 26.7. The zero-order valence-corrected chi connectivity index (χ0v) is 40.2. The molecule has 0 aromatic carbocycles. The highest BCUT2D eigenvalue weighted by Gasteiger charge is 2.46. The Hall–Kier alpha value is -2.13. The van der Waals surface area contributed by atoms with Gasteiger partial charge in [0.15, 0.2) is 12.4 Å². The molecule has 6 atom stereocenters. The van der Waals surface area contributed by atoms with Gasteiger partial charge in [0, 0.05) is 12.8 Å². The Bertz CT molecular complexity index is 1300. The summed E-state index contributed by atoms with van der Waals surface area (Å²) in [7, 11) is -4.61. The van der Waals surface area contributed by atoms with Crippen molar-refractivity contribution in [2.24, 2.45) is 0 Å². The lowest BCUT2D eigenvalue weighted by atomic mass is 10.00. The topological polar surface area (TPSA) is 186 Å². The third-order valence-corrected chi connectivity index (χ3v) is 12.2. The van der Waals surface area contributed by atoms with E-state index in [1.807, 2.05) is 0 Å². The Labute approximate surface area is 382 Å². The minimum Gasteiger partial charge on any atom is -0.462 e. The molecule has 13 heteroatoms. The number of rotatable bonds is 42. The third kappa shape index (κ3) is 34.8. The molecule has 0 amide bonds. The third-order valence-electron chi connectivity index (χ3n) is 11.5. The van der Waals surface area contributed by atoms with Crippen molar-refractivity contribution >= 4 is 22.1 Å². The van der Waals surface area contributed by atoms with Gasteiger partial charge in [-0.3, -0.25) is 14.1 Å². The average Bonchev–Trinajstić information content (AvgIpc) is 3.25. The van der Waals surface area contributed by atoms with E-state index in [1.165, 1.54) is 103 Å². The van der Waals surface area contributed by atoms with Crippen molar-refractivity contribution in [2.45, 2.75) is 250 Å². The van der Waals surface area contributed by atoms with Crippen LogP contribution < -0.4 is 0 Å². The van der Waals surface area contributed by atoms with Gasteiger partial charge in [-0.1, -0.05) is 192 Å². The van der Waals surface area contributed by atoms with Crippen molar-refractivity contribution in [3.63, 3.8) is 0 Å². The molecule has 4 N–H and O–H groups in total. The first-order chi connectivity index (χ1) is 30.5. The highest BCUT2D eigenvalue weighted by molar-refractivity contribution is 7.85. The number of esters is 2. The molecule has 0 bridgehead atoms. The van der Waals surface area contributed by atoms with E-state index in [9.17, 15) is 37.9 Å². The number of aliphatic hydroxyl groups is 3. The highest BCUT2D eigenvalue weighted by atomic mass is 32.2. The van der Waals surface area contributed by atoms with E-state index in [1.54, 1.807) is 0 Å². The van der Waals surface area contributed by atoms with Crippen LogP contribution in [0.4, 0.5) is 0 Å². The van der Waals surface area contributed by atoms with Crippen LogP contribution in [0.15, 0.2) is 36.5 Å². The largest absolute Gasteiger partial charge is 0.462 e. The number of carbonyl (C=O) groups excluding carboxylic acids is 2. The van der Waals surface area contributed by atoms with Crippen LogP contribution in [0, 0.1) is 0 Å². The van der Waals surface area contributed by atoms with Crippen molar-refractivity contribution in [2.75, 3.05) is 19.0 Å². The lowest BCUT2D eigenvalue weighted by Gasteiger charge is -2.40. The fourth-order valence-electron chi connectivity index (χ4n) is 7.63. The van der Waals surface area contributed by atoms with Gasteiger partial charge in [0.2, 0.25) is 0 Å². The normalized spacial score (nSPS) is 20.0. The van der Waals surface area contributed by atoms with Crippen LogP contribution in [0.2, 0.25) is 0 Å². The second kappa shape index (κ2) is 40.2. The van der Waals surface area contributed by atoms with Gasteiger partial charge < -0.3 is 34.3 Å². The summed E-state index contributed by atoms with van der Waals surface area (Å²) in [5, 5.41) is 30.9. The van der Waals surface area contributed by atoms with Gasteiger partial charge in [-0.15, -0.1) is 0 Å². The summed E-state index contributed by atoms with van der Waals surface area (Å²) in [5.74, 6) is -2.00. The smallest absolute Gasteiger partial charge is 0.306 e. The molecule has 2 unspecified atom stereocenters. The first kappa shape index (κ1) is 58.9. The summed E-state index contributed by atoms with van der Waals surface area (Å²) < 4.78 is 54.2. The standard InChI is InChI=1S/C50H90O12S/c1-3-5-7-9-11-13-15-17-19-20-21-22-23-25-26-28-30-32-34-36-38-45(51)59-40-43(41-60-50-49(55)48(54)47(53)44(62-50)42-63(56,57)58)61-46(52)39-37-35-33-31-29-27-24-18-16-14-12-10-8-6-4-2/h6,8,12,14,18,24,43-44,47-50,53-55H,3-5,7,9-11,13,15-17,19-23,25-42H2,1-2H3,(H,56,57,58)/b8-6+,14-12+,24-18+/t43-,44-,47-,48?,49?,50+/m1/s1. The zero-order chi connectivity index (χ0) is 46.2. The molecule has 0 aromatic heterocycles. The number of carbonyl (C=O) groups is 2. The molecule has 1 rings (SSSR count). The van der Waals surface area contributed by atoms with Crippen LogP contribution in [-0.2, 0) is 38.7 Å². The van der Waals surface area contributed by atoms with Gasteiger partial charge in [-0.05, 0) is 44.9 Å². The van der Waals surface area contributed by atoms with E-state index >= 15 is 0 Å². The van der Waals surface area contributed by atoms with Crippen LogP contribution in [0.5, 0.6) is 0 Å². The molecule has 0 radical (unpaired) electrons. The predicted octanol–water partition coefficient (Wildman–Crippen LogP) is 11.0. The molecule has 1 heterocycles. The van der Waals surface area contributed by atoms with Gasteiger partial charge in [-0.25, -0.2) is 0 Å². The first-order valence-electron chi connectivity index (χ1n) is 25.0. The minimum absolute atomic E-state index is 0.146. The maximum absolute atomic E-state index is 12.8. The van der Waals surface area contributed by atoms with E-state index in [0.29, 0.717) is 12.8 Å². The Kier molecular flexibility index (Phi) is 37.5. The number of allylic oxidation sites excluding steroid dienone is 6. The molecule has 1 saturated heterocycles. The van der Waals surface area contributed by atoms with Crippen LogP contribution in [0.25, 0.3) is 0 Å². The summed E-state index contributed by atoms with van der Waals surface area (Å²) in [6.45, 7) is 3.66. The number of aliphatic hydroxyl groups excluding tert-OH is 3. The van der Waals surface area contributed by atoms with Crippen molar-refractivity contribution in [1.29, 1.82) is 0 Å². The maximum Gasteiger partial charge on any atom is 0.306 e. The summed E-state index contributed by atoms with van der Waals surface area (Å²) in [5.41, 5.74) is 0. The fourth-order valence-corrected chi connectivity index (χ4v) is 8.32. The molecule has 1 aliphatic heterocycles. The molecule has 63 heavy (non-hydrogen) atoms. The Morgan fingerprint density at radius 1 is 0.556 bits per heavy atom. The molecule has 1 fully saturated rings. The van der Waals surface area contributed by atoms with Crippen molar-refractivity contribution < 1.29 is 56.8 Å². The Balaban J connectivity index is 2.37. The van der Waals surface area contributed by atoms with Crippen molar-refractivity contribution in [3.05, 3.63) is 36.5 Å². The molecule has 0 spiro atoms. The SMILES string of the molecule is CC/C=C/C/C=C/C/C=C/CCCCCCCC(=O)O[C@H](COC(=O)CCCCCCCCCCCCCCCCCCCCCC)CO[C@H]1O[C@H](CS(=O)(=O)O)[C@@H](O)C(O)C1O. The predicted molar refractivity (Wildman–Crippen MR) is 252 cm³/mol. The molecule has 12 nitrogen and oxygen atoms in total. The number of hydrogen-bond acceptors (Lipinski definition) is 11. The van der Waals surface area contributed by atoms with Crippen LogP contribution >= 0.6 is 0 Å². The van der Waals surface area contributed by atoms with E-state index < -0.39 is 71.2 Å². The second-order valence-electron chi connectivity index (χ2n) is 17.5. The summed E-state index contributed by atoms with van der Waals surface area (Å²) in [6.07, 6.45) is 37.6. The molecule has 368 valence electrons. The Morgan fingerprint density at radius 2 is 1.00 bits per heavy atom. The minimum atomic E-state index is -4.61. The molecule has 0 aliphatic carbocycles. The van der Waals surface area contributed by atoms with Crippen LogP contribution in [0.1, 0.15) is 213 Å². The number of ether oxygens (including phenoxy) is 4. The fraction of sp³-hybridized carbons (Fsp3) is 0.840. The van der Waals surface area contributed by atoms with E-state index in [4.69, 9.17) is 18.9 Å². The highest BCUT2D eigenvalue weighted by Crippen LogP contribution is 2.24. The lowest BCUT2D eigenvalue weighted by molar-refractivity contribution is -0.297. The van der Waals surface area contributed by atoms with E-state index in [2.05, 4.69) is 50.3 Å². The molecular weight excluding hydrogens is 825 g/mol. The zero-order valence-electron chi connectivity index (χ0n) is 39.4. The van der Waals surface area contributed by atoms with Gasteiger partial charge in [0.1, 0.15) is 36.8 Å². The molecule has 0 aromatic rings. The quantitative estimate of drug-likeness (QED) is 0.0197. The van der Waals surface area contributed by atoms with Gasteiger partial charge in [0.25, 0.3) is 10.1 Å². The van der Waals surface area contributed by atoms with Crippen molar-refractivity contribution in [3.8, 4) is 0 Å².